The van der Waals surface area contributed by atoms with Crippen LogP contribution in [0.1, 0.15) is 12.8 Å². The Labute approximate surface area is 104 Å². The smallest absolute Gasteiger partial charge is 0.344 e. The first kappa shape index (κ1) is 16.8. The van der Waals surface area contributed by atoms with Gasteiger partial charge in [-0.2, -0.15) is 0 Å². The van der Waals surface area contributed by atoms with Crippen molar-refractivity contribution in [3.63, 3.8) is 0 Å². The van der Waals surface area contributed by atoms with E-state index in [2.05, 4.69) is 0 Å². The fourth-order valence-corrected chi connectivity index (χ4v) is 1.39. The molecule has 1 atom stereocenters. The van der Waals surface area contributed by atoms with Crippen LogP contribution in [0.4, 0.5) is 0 Å². The lowest BCUT2D eigenvalue weighted by Gasteiger charge is -2.16. The highest BCUT2D eigenvalue weighted by Gasteiger charge is 2.18. The van der Waals surface area contributed by atoms with Gasteiger partial charge in [0.1, 0.15) is 6.29 Å². The van der Waals surface area contributed by atoms with Crippen molar-refractivity contribution in [1.29, 1.82) is 5.41 Å². The van der Waals surface area contributed by atoms with Gasteiger partial charge in [-0.3, -0.25) is 20.0 Å². The summed E-state index contributed by atoms with van der Waals surface area (Å²) >= 11 is 0. The molecule has 0 radical (unpaired) electrons. The summed E-state index contributed by atoms with van der Waals surface area (Å²) in [5, 5.41) is 18.4. The maximum atomic E-state index is 11.3. The summed E-state index contributed by atoms with van der Waals surface area (Å²) in [4.78, 5) is 28.4. The maximum absolute atomic E-state index is 11.3. The molecule has 0 spiro atoms. The highest BCUT2D eigenvalue weighted by atomic mass is 31.2. The van der Waals surface area contributed by atoms with Gasteiger partial charge in [-0.15, -0.1) is 0 Å². The van der Waals surface area contributed by atoms with Gasteiger partial charge in [-0.25, -0.2) is 5.06 Å². The van der Waals surface area contributed by atoms with E-state index >= 15 is 0 Å². The average Bonchev–Trinajstić information content (AvgIpc) is 2.24. The Kier molecular flexibility index (Phi) is 6.81. The fourth-order valence-electron chi connectivity index (χ4n) is 1.02. The van der Waals surface area contributed by atoms with Gasteiger partial charge in [0.15, 0.2) is 0 Å². The van der Waals surface area contributed by atoms with Gasteiger partial charge in [-0.05, 0) is 12.8 Å². The van der Waals surface area contributed by atoms with E-state index in [9.17, 15) is 9.36 Å². The van der Waals surface area contributed by atoms with Crippen molar-refractivity contribution < 1.29 is 24.4 Å². The van der Waals surface area contributed by atoms with Crippen LogP contribution in [0.5, 0.6) is 0 Å². The summed E-state index contributed by atoms with van der Waals surface area (Å²) in [6.45, 7) is 0.0365. The van der Waals surface area contributed by atoms with Gasteiger partial charge < -0.3 is 26.6 Å². The van der Waals surface area contributed by atoms with E-state index in [1.165, 1.54) is 0 Å². The van der Waals surface area contributed by atoms with Crippen molar-refractivity contribution in [2.75, 3.05) is 12.8 Å². The summed E-state index contributed by atoms with van der Waals surface area (Å²) in [7, 11) is -4.29. The topological polar surface area (TPSA) is 186 Å². The number of amides is 1. The second-order valence-electron chi connectivity index (χ2n) is 3.62. The predicted octanol–water partition coefficient (Wildman–Crippen LogP) is -2.07. The van der Waals surface area contributed by atoms with Gasteiger partial charge in [0.05, 0.1) is 6.04 Å². The number of nitrogens with zero attached hydrogens (tertiary/aromatic N) is 1. The fraction of sp³-hybridized carbons (Fsp3) is 0.714. The molecule has 1 unspecified atom stereocenters. The van der Waals surface area contributed by atoms with Gasteiger partial charge in [0.25, 0.3) is 0 Å². The molecule has 9 N–H and O–H groups in total. The third-order valence-electron chi connectivity index (χ3n) is 1.96. The van der Waals surface area contributed by atoms with E-state index in [1.807, 2.05) is 5.32 Å². The minimum atomic E-state index is -4.29. The first-order chi connectivity index (χ1) is 8.13. The lowest BCUT2D eigenvalue weighted by molar-refractivity contribution is -0.122. The zero-order valence-corrected chi connectivity index (χ0v) is 10.5. The van der Waals surface area contributed by atoms with Crippen molar-refractivity contribution in [2.45, 2.75) is 18.9 Å². The van der Waals surface area contributed by atoms with Crippen LogP contribution < -0.4 is 16.8 Å². The van der Waals surface area contributed by atoms with E-state index in [0.717, 1.165) is 0 Å². The summed E-state index contributed by atoms with van der Waals surface area (Å²) in [5.74, 6) is -1.21. The van der Waals surface area contributed by atoms with Gasteiger partial charge in [0.2, 0.25) is 11.9 Å². The molecule has 0 saturated carbocycles. The number of nitrogens with one attached hydrogen (secondary N) is 2. The van der Waals surface area contributed by atoms with Crippen LogP contribution in [0, 0.1) is 5.41 Å². The standard InChI is InChI=1S/C7H18N5O5P/c8-5(2-1-3-12(14)7(9)10)6(13)11-4-18(15,16)17/h5,14H,1-4,8H2,(H3,9,10)(H,11,13)(H2,15,16,17). The molecule has 0 aromatic heterocycles. The molecule has 18 heavy (non-hydrogen) atoms. The molecular formula is C7H18N5O5P. The van der Waals surface area contributed by atoms with Crippen molar-refractivity contribution in [1.82, 2.24) is 10.4 Å². The quantitative estimate of drug-likeness (QED) is 0.120. The third kappa shape index (κ3) is 7.98. The van der Waals surface area contributed by atoms with Crippen molar-refractivity contribution in [3.8, 4) is 0 Å². The zero-order chi connectivity index (χ0) is 14.3. The number of rotatable bonds is 7. The highest BCUT2D eigenvalue weighted by Crippen LogP contribution is 2.31. The van der Waals surface area contributed by atoms with Crippen LogP contribution in [0.2, 0.25) is 0 Å². The summed E-state index contributed by atoms with van der Waals surface area (Å²) in [5.41, 5.74) is 10.4. The van der Waals surface area contributed by atoms with Crippen LogP contribution in [-0.4, -0.2) is 50.8 Å². The van der Waals surface area contributed by atoms with E-state index in [4.69, 9.17) is 31.9 Å². The maximum Gasteiger partial charge on any atom is 0.344 e. The second-order valence-corrected chi connectivity index (χ2v) is 5.27. The van der Waals surface area contributed by atoms with Crippen molar-refractivity contribution in [2.24, 2.45) is 11.5 Å². The van der Waals surface area contributed by atoms with Crippen LogP contribution >= 0.6 is 7.60 Å². The molecule has 0 aromatic carbocycles. The Bertz CT molecular complexity index is 345. The lowest BCUT2D eigenvalue weighted by atomic mass is 10.1. The molecule has 1 amide bonds. The van der Waals surface area contributed by atoms with E-state index in [1.54, 1.807) is 0 Å². The Morgan fingerprint density at radius 2 is 2.06 bits per heavy atom. The summed E-state index contributed by atoms with van der Waals surface area (Å²) in [6, 6.07) is -0.947. The largest absolute Gasteiger partial charge is 0.368 e. The van der Waals surface area contributed by atoms with Crippen LogP contribution in [0.25, 0.3) is 0 Å². The van der Waals surface area contributed by atoms with Gasteiger partial charge in [-0.1, -0.05) is 0 Å². The number of nitrogens with two attached hydrogens (primary N) is 2. The number of hydroxylamine groups is 2. The molecule has 0 heterocycles. The molecule has 0 aliphatic rings. The number of guanidine groups is 1. The SMILES string of the molecule is N=C(N)N(O)CCCC(N)C(=O)NCP(=O)(O)O. The monoisotopic (exact) mass is 283 g/mol. The first-order valence-corrected chi connectivity index (χ1v) is 6.81. The molecule has 0 bridgehead atoms. The number of carbonyl (C=O) groups is 1. The number of hydrogen-bond acceptors (Lipinski definition) is 5. The molecule has 0 aliphatic heterocycles. The Hall–Kier alpha value is -1.19. The van der Waals surface area contributed by atoms with Gasteiger partial charge in [0, 0.05) is 6.54 Å². The molecule has 11 heteroatoms. The van der Waals surface area contributed by atoms with E-state index in [0.29, 0.717) is 11.5 Å². The van der Waals surface area contributed by atoms with Crippen LogP contribution in [0.15, 0.2) is 0 Å². The highest BCUT2D eigenvalue weighted by molar-refractivity contribution is 7.51. The van der Waals surface area contributed by atoms with Crippen molar-refractivity contribution in [3.05, 3.63) is 0 Å². The molecule has 0 fully saturated rings. The zero-order valence-electron chi connectivity index (χ0n) is 9.61. The lowest BCUT2D eigenvalue weighted by Crippen LogP contribution is -2.41. The molecule has 106 valence electrons. The van der Waals surface area contributed by atoms with Gasteiger partial charge >= 0.3 is 7.60 Å². The minimum Gasteiger partial charge on any atom is -0.368 e. The van der Waals surface area contributed by atoms with E-state index in [-0.39, 0.29) is 13.0 Å². The minimum absolute atomic E-state index is 0.0365. The first-order valence-electron chi connectivity index (χ1n) is 5.02. The number of carbonyl (C=O) groups excluding carboxylic acids is 1. The normalized spacial score (nSPS) is 12.9. The molecular weight excluding hydrogens is 265 g/mol. The number of hydrogen-bond donors (Lipinski definition) is 7. The summed E-state index contributed by atoms with van der Waals surface area (Å²) in [6.07, 6.45) is -0.295. The molecule has 10 nitrogen and oxygen atoms in total. The third-order valence-corrected chi connectivity index (χ3v) is 2.53. The Morgan fingerprint density at radius 1 is 1.50 bits per heavy atom. The Balaban J connectivity index is 3.88. The average molecular weight is 283 g/mol. The predicted molar refractivity (Wildman–Crippen MR) is 62.7 cm³/mol. The molecule has 0 aliphatic carbocycles. The Morgan fingerprint density at radius 3 is 2.50 bits per heavy atom. The van der Waals surface area contributed by atoms with Crippen LogP contribution in [-0.2, 0) is 9.36 Å². The van der Waals surface area contributed by atoms with Crippen LogP contribution in [0.3, 0.4) is 0 Å². The molecule has 0 aromatic rings. The second kappa shape index (κ2) is 7.29. The summed E-state index contributed by atoms with van der Waals surface area (Å²) < 4.78 is 10.5. The van der Waals surface area contributed by atoms with Crippen molar-refractivity contribution >= 4 is 19.5 Å². The van der Waals surface area contributed by atoms with E-state index < -0.39 is 31.8 Å². The molecule has 0 saturated heterocycles. The molecule has 0 rings (SSSR count).